The van der Waals surface area contributed by atoms with Crippen molar-refractivity contribution in [2.24, 2.45) is 0 Å². The maximum absolute atomic E-state index is 12.0. The number of nitrogens with one attached hydrogen (secondary N) is 2. The monoisotopic (exact) mass is 268 g/mol. The Labute approximate surface area is 112 Å². The van der Waals surface area contributed by atoms with E-state index in [9.17, 15) is 4.79 Å². The molecule has 0 radical (unpaired) electrons. The number of aromatic nitrogens is 2. The Hall–Kier alpha value is -1.47. The van der Waals surface area contributed by atoms with E-state index in [1.807, 2.05) is 13.8 Å². The number of hydrogen-bond donors (Lipinski definition) is 2. The van der Waals surface area contributed by atoms with Gasteiger partial charge in [0.05, 0.1) is 18.8 Å². The van der Waals surface area contributed by atoms with Gasteiger partial charge < -0.3 is 19.9 Å². The molecule has 7 heteroatoms. The number of morpholine rings is 1. The molecule has 2 N–H and O–H groups in total. The van der Waals surface area contributed by atoms with Crippen molar-refractivity contribution in [3.63, 3.8) is 0 Å². The van der Waals surface area contributed by atoms with Crippen LogP contribution >= 0.6 is 0 Å². The van der Waals surface area contributed by atoms with Crippen LogP contribution in [0.1, 0.15) is 32.0 Å². The van der Waals surface area contributed by atoms with Crippen molar-refractivity contribution < 1.29 is 14.1 Å². The summed E-state index contributed by atoms with van der Waals surface area (Å²) in [5, 5.41) is 10.0. The Kier molecular flexibility index (Phi) is 4.16. The summed E-state index contributed by atoms with van der Waals surface area (Å²) in [4.78, 5) is 16.2. The zero-order valence-corrected chi connectivity index (χ0v) is 11.5. The minimum atomic E-state index is -0.648. The van der Waals surface area contributed by atoms with Gasteiger partial charge in [0.15, 0.2) is 5.82 Å². The van der Waals surface area contributed by atoms with Crippen LogP contribution in [0.15, 0.2) is 4.52 Å². The molecule has 0 aliphatic carbocycles. The van der Waals surface area contributed by atoms with E-state index >= 15 is 0 Å². The minimum absolute atomic E-state index is 0.0598. The molecule has 106 valence electrons. The van der Waals surface area contributed by atoms with Gasteiger partial charge in [0.25, 0.3) is 0 Å². The lowest BCUT2D eigenvalue weighted by atomic mass is 10.0. The molecule has 1 atom stereocenters. The molecule has 1 aliphatic heterocycles. The van der Waals surface area contributed by atoms with Crippen LogP contribution < -0.4 is 10.6 Å². The van der Waals surface area contributed by atoms with Gasteiger partial charge in [0.1, 0.15) is 0 Å². The molecule has 1 aromatic rings. The van der Waals surface area contributed by atoms with Gasteiger partial charge in [-0.05, 0) is 13.8 Å². The molecule has 0 spiro atoms. The van der Waals surface area contributed by atoms with E-state index in [4.69, 9.17) is 9.26 Å². The van der Waals surface area contributed by atoms with Gasteiger partial charge in [-0.25, -0.2) is 0 Å². The van der Waals surface area contributed by atoms with Crippen molar-refractivity contribution in [2.75, 3.05) is 19.8 Å². The van der Waals surface area contributed by atoms with E-state index in [1.165, 1.54) is 0 Å². The van der Waals surface area contributed by atoms with Gasteiger partial charge in [0, 0.05) is 25.9 Å². The Morgan fingerprint density at radius 2 is 2.37 bits per heavy atom. The van der Waals surface area contributed by atoms with Crippen molar-refractivity contribution in [1.82, 2.24) is 20.8 Å². The van der Waals surface area contributed by atoms with Crippen LogP contribution in [0.25, 0.3) is 0 Å². The third-order valence-electron chi connectivity index (χ3n) is 2.97. The quantitative estimate of drug-likeness (QED) is 0.805. The molecule has 1 aromatic heterocycles. The number of ether oxygens (including phenoxy) is 1. The molecule has 1 fully saturated rings. The average Bonchev–Trinajstić information content (AvgIpc) is 2.77. The highest BCUT2D eigenvalue weighted by Gasteiger charge is 2.29. The summed E-state index contributed by atoms with van der Waals surface area (Å²) >= 11 is 0. The predicted octanol–water partition coefficient (Wildman–Crippen LogP) is 0.108. The fourth-order valence-corrected chi connectivity index (χ4v) is 1.98. The van der Waals surface area contributed by atoms with Crippen LogP contribution in [0.3, 0.4) is 0 Å². The number of carbonyl (C=O) groups excluding carboxylic acids is 1. The minimum Gasteiger partial charge on any atom is -0.378 e. The first-order chi connectivity index (χ1) is 8.97. The van der Waals surface area contributed by atoms with Crippen LogP contribution in [-0.2, 0) is 15.1 Å². The molecule has 2 rings (SSSR count). The first-order valence-corrected chi connectivity index (χ1v) is 6.40. The highest BCUT2D eigenvalue weighted by molar-refractivity contribution is 5.77. The van der Waals surface area contributed by atoms with Crippen molar-refractivity contribution in [2.45, 2.75) is 38.8 Å². The molecule has 1 aliphatic rings. The van der Waals surface area contributed by atoms with Crippen molar-refractivity contribution in [3.05, 3.63) is 11.7 Å². The lowest BCUT2D eigenvalue weighted by molar-refractivity contribution is -0.124. The largest absolute Gasteiger partial charge is 0.378 e. The highest BCUT2D eigenvalue weighted by Crippen LogP contribution is 2.16. The third-order valence-corrected chi connectivity index (χ3v) is 2.97. The first-order valence-electron chi connectivity index (χ1n) is 6.40. The highest BCUT2D eigenvalue weighted by atomic mass is 16.5. The molecule has 0 aromatic carbocycles. The smallest absolute Gasteiger partial charge is 0.223 e. The summed E-state index contributed by atoms with van der Waals surface area (Å²) < 4.78 is 10.3. The fraction of sp³-hybridized carbons (Fsp3) is 0.750. The summed E-state index contributed by atoms with van der Waals surface area (Å²) in [7, 11) is 0. The van der Waals surface area contributed by atoms with E-state index in [0.29, 0.717) is 31.3 Å². The van der Waals surface area contributed by atoms with Gasteiger partial charge in [-0.3, -0.25) is 4.79 Å². The molecule has 0 bridgehead atoms. The number of rotatable bonds is 4. The van der Waals surface area contributed by atoms with Crippen molar-refractivity contribution in [1.29, 1.82) is 0 Å². The van der Waals surface area contributed by atoms with E-state index in [0.717, 1.165) is 6.54 Å². The third kappa shape index (κ3) is 3.74. The van der Waals surface area contributed by atoms with Crippen LogP contribution in [-0.4, -0.2) is 41.8 Å². The SMILES string of the molecule is Cc1nc(C(C)(C)NC(=O)CC2COCCN2)no1. The van der Waals surface area contributed by atoms with Gasteiger partial charge in [-0.1, -0.05) is 5.16 Å². The molecule has 1 saturated heterocycles. The normalized spacial score (nSPS) is 20.3. The summed E-state index contributed by atoms with van der Waals surface area (Å²) in [6, 6.07) is 0.0663. The maximum Gasteiger partial charge on any atom is 0.223 e. The van der Waals surface area contributed by atoms with Crippen LogP contribution in [0.5, 0.6) is 0 Å². The van der Waals surface area contributed by atoms with Gasteiger partial charge in [-0.2, -0.15) is 4.98 Å². The zero-order valence-electron chi connectivity index (χ0n) is 11.5. The van der Waals surface area contributed by atoms with Crippen LogP contribution in [0.2, 0.25) is 0 Å². The molecular weight excluding hydrogens is 248 g/mol. The van der Waals surface area contributed by atoms with Crippen molar-refractivity contribution >= 4 is 5.91 Å². The Balaban J connectivity index is 1.90. The van der Waals surface area contributed by atoms with E-state index < -0.39 is 5.54 Å². The number of amides is 1. The molecule has 7 nitrogen and oxygen atoms in total. The Morgan fingerprint density at radius 3 is 2.95 bits per heavy atom. The molecule has 1 amide bonds. The molecule has 19 heavy (non-hydrogen) atoms. The Bertz CT molecular complexity index is 438. The molecule has 2 heterocycles. The van der Waals surface area contributed by atoms with Gasteiger partial charge >= 0.3 is 0 Å². The predicted molar refractivity (Wildman–Crippen MR) is 67.4 cm³/mol. The summed E-state index contributed by atoms with van der Waals surface area (Å²) in [6.07, 6.45) is 0.375. The average molecular weight is 268 g/mol. The maximum atomic E-state index is 12.0. The molecular formula is C12H20N4O3. The van der Waals surface area contributed by atoms with Gasteiger partial charge in [0.2, 0.25) is 11.8 Å². The first kappa shape index (κ1) is 14.0. The van der Waals surface area contributed by atoms with E-state index in [-0.39, 0.29) is 11.9 Å². The number of hydrogen-bond acceptors (Lipinski definition) is 6. The summed E-state index contributed by atoms with van der Waals surface area (Å²) in [5.41, 5.74) is -0.648. The number of aryl methyl sites for hydroxylation is 1. The standard InChI is InChI=1S/C12H20N4O3/c1-8-14-11(16-19-8)12(2,3)15-10(17)6-9-7-18-5-4-13-9/h9,13H,4-7H2,1-3H3,(H,15,17). The summed E-state index contributed by atoms with van der Waals surface area (Å²) in [6.45, 7) is 7.46. The fourth-order valence-electron chi connectivity index (χ4n) is 1.98. The molecule has 1 unspecified atom stereocenters. The van der Waals surface area contributed by atoms with E-state index in [1.54, 1.807) is 6.92 Å². The van der Waals surface area contributed by atoms with E-state index in [2.05, 4.69) is 20.8 Å². The second-order valence-electron chi connectivity index (χ2n) is 5.24. The summed E-state index contributed by atoms with van der Waals surface area (Å²) in [5.74, 6) is 0.904. The van der Waals surface area contributed by atoms with Crippen molar-refractivity contribution in [3.8, 4) is 0 Å². The molecule has 0 saturated carbocycles. The second kappa shape index (κ2) is 5.66. The lowest BCUT2D eigenvalue weighted by Crippen LogP contribution is -2.48. The lowest BCUT2D eigenvalue weighted by Gasteiger charge is -2.26. The van der Waals surface area contributed by atoms with Crippen LogP contribution in [0, 0.1) is 6.92 Å². The number of nitrogens with zero attached hydrogens (tertiary/aromatic N) is 2. The van der Waals surface area contributed by atoms with Crippen LogP contribution in [0.4, 0.5) is 0 Å². The second-order valence-corrected chi connectivity index (χ2v) is 5.24. The topological polar surface area (TPSA) is 89.3 Å². The Morgan fingerprint density at radius 1 is 1.58 bits per heavy atom. The zero-order chi connectivity index (χ0) is 13.9. The van der Waals surface area contributed by atoms with Gasteiger partial charge in [-0.15, -0.1) is 0 Å². The number of carbonyl (C=O) groups is 1.